The van der Waals surface area contributed by atoms with Crippen LogP contribution in [0.25, 0.3) is 0 Å². The molecule has 0 atom stereocenters. The molecule has 8 heteroatoms. The Labute approximate surface area is 175 Å². The number of amides is 1. The molecule has 0 spiro atoms. The molecule has 0 aliphatic heterocycles. The summed E-state index contributed by atoms with van der Waals surface area (Å²) in [6, 6.07) is 12.1. The highest BCUT2D eigenvalue weighted by atomic mass is 35.5. The van der Waals surface area contributed by atoms with Crippen LogP contribution in [-0.4, -0.2) is 57.8 Å². The molecule has 0 N–H and O–H groups in total. The van der Waals surface area contributed by atoms with E-state index in [2.05, 4.69) is 0 Å². The van der Waals surface area contributed by atoms with Gasteiger partial charge in [0.2, 0.25) is 0 Å². The number of carbonyl (C=O) groups excluding carboxylic acids is 2. The summed E-state index contributed by atoms with van der Waals surface area (Å²) in [5.74, 6) is 0.940. The predicted octanol–water partition coefficient (Wildman–Crippen LogP) is 2.98. The Morgan fingerprint density at radius 3 is 2.34 bits per heavy atom. The Morgan fingerprint density at radius 1 is 1.00 bits per heavy atom. The molecule has 2 aromatic carbocycles. The van der Waals surface area contributed by atoms with E-state index in [0.717, 1.165) is 0 Å². The number of esters is 1. The van der Waals surface area contributed by atoms with Gasteiger partial charge in [-0.2, -0.15) is 0 Å². The fourth-order valence-corrected chi connectivity index (χ4v) is 2.54. The summed E-state index contributed by atoms with van der Waals surface area (Å²) in [5.41, 5.74) is 0.699. The summed E-state index contributed by atoms with van der Waals surface area (Å²) >= 11 is 5.82. The second kappa shape index (κ2) is 11.2. The lowest BCUT2D eigenvalue weighted by molar-refractivity contribution is -0.151. The zero-order chi connectivity index (χ0) is 21.2. The summed E-state index contributed by atoms with van der Waals surface area (Å²) in [6.07, 6.45) is 0.0248. The van der Waals surface area contributed by atoms with E-state index in [0.29, 0.717) is 41.0 Å². The van der Waals surface area contributed by atoms with Crippen molar-refractivity contribution in [2.24, 2.45) is 0 Å². The number of benzene rings is 2. The number of nitrogens with zero attached hydrogens (tertiary/aromatic N) is 1. The fraction of sp³-hybridized carbons (Fsp3) is 0.333. The number of likely N-dealkylation sites (N-methyl/N-ethyl adjacent to an activating group) is 1. The van der Waals surface area contributed by atoms with Crippen molar-refractivity contribution in [3.05, 3.63) is 53.1 Å². The van der Waals surface area contributed by atoms with Crippen LogP contribution >= 0.6 is 11.6 Å². The molecule has 0 saturated carbocycles. The third-order valence-electron chi connectivity index (χ3n) is 4.09. The van der Waals surface area contributed by atoms with Gasteiger partial charge >= 0.3 is 5.97 Å². The van der Waals surface area contributed by atoms with Crippen LogP contribution in [0.2, 0.25) is 5.02 Å². The van der Waals surface area contributed by atoms with Crippen LogP contribution in [-0.2, 0) is 20.7 Å². The van der Waals surface area contributed by atoms with E-state index >= 15 is 0 Å². The summed E-state index contributed by atoms with van der Waals surface area (Å²) in [6.45, 7) is 0.335. The number of carbonyl (C=O) groups is 2. The van der Waals surface area contributed by atoms with Gasteiger partial charge in [-0.1, -0.05) is 17.7 Å². The van der Waals surface area contributed by atoms with Gasteiger partial charge in [-0.15, -0.1) is 0 Å². The molecular formula is C21H24ClNO6. The number of ether oxygens (including phenoxy) is 4. The van der Waals surface area contributed by atoms with Crippen molar-refractivity contribution in [2.75, 3.05) is 41.0 Å². The van der Waals surface area contributed by atoms with Crippen molar-refractivity contribution in [3.63, 3.8) is 0 Å². The quantitative estimate of drug-likeness (QED) is 0.549. The van der Waals surface area contributed by atoms with E-state index in [1.54, 1.807) is 49.5 Å². The molecule has 1 amide bonds. The van der Waals surface area contributed by atoms with Gasteiger partial charge in [0.15, 0.2) is 18.1 Å². The molecule has 0 saturated heterocycles. The fourth-order valence-electron chi connectivity index (χ4n) is 2.42. The highest BCUT2D eigenvalue weighted by molar-refractivity contribution is 6.30. The summed E-state index contributed by atoms with van der Waals surface area (Å²) in [4.78, 5) is 25.6. The molecule has 156 valence electrons. The van der Waals surface area contributed by atoms with Gasteiger partial charge in [0.1, 0.15) is 12.4 Å². The first-order chi connectivity index (χ1) is 13.9. The van der Waals surface area contributed by atoms with E-state index in [1.165, 1.54) is 19.1 Å². The van der Waals surface area contributed by atoms with E-state index in [-0.39, 0.29) is 18.9 Å². The van der Waals surface area contributed by atoms with Crippen LogP contribution in [0.4, 0.5) is 0 Å². The van der Waals surface area contributed by atoms with Gasteiger partial charge < -0.3 is 23.8 Å². The van der Waals surface area contributed by atoms with Crippen LogP contribution < -0.4 is 14.2 Å². The highest BCUT2D eigenvalue weighted by Crippen LogP contribution is 2.27. The highest BCUT2D eigenvalue weighted by Gasteiger charge is 2.14. The van der Waals surface area contributed by atoms with Gasteiger partial charge in [0, 0.05) is 12.1 Å². The van der Waals surface area contributed by atoms with Gasteiger partial charge in [0.25, 0.3) is 5.91 Å². The molecule has 7 nitrogen and oxygen atoms in total. The SMILES string of the molecule is COc1ccc(CC(=O)OCC(=O)N(C)CCOc2ccc(Cl)cc2)cc1OC. The molecule has 2 aromatic rings. The van der Waals surface area contributed by atoms with E-state index in [9.17, 15) is 9.59 Å². The first-order valence-electron chi connectivity index (χ1n) is 8.91. The molecule has 0 heterocycles. The van der Waals surface area contributed by atoms with E-state index in [4.69, 9.17) is 30.5 Å². The monoisotopic (exact) mass is 421 g/mol. The van der Waals surface area contributed by atoms with Crippen LogP contribution in [0, 0.1) is 0 Å². The molecular weight excluding hydrogens is 398 g/mol. The van der Waals surface area contributed by atoms with Gasteiger partial charge in [-0.25, -0.2) is 0 Å². The molecule has 0 unspecified atom stereocenters. The van der Waals surface area contributed by atoms with Gasteiger partial charge in [-0.05, 0) is 42.0 Å². The molecule has 0 radical (unpaired) electrons. The molecule has 0 aliphatic carbocycles. The van der Waals surface area contributed by atoms with Gasteiger partial charge in [0.05, 0.1) is 27.2 Å². The summed E-state index contributed by atoms with van der Waals surface area (Å²) in [7, 11) is 4.68. The summed E-state index contributed by atoms with van der Waals surface area (Å²) in [5, 5.41) is 0.625. The van der Waals surface area contributed by atoms with Crippen LogP contribution in [0.5, 0.6) is 17.2 Å². The topological polar surface area (TPSA) is 74.3 Å². The lowest BCUT2D eigenvalue weighted by atomic mass is 10.1. The maximum atomic E-state index is 12.1. The van der Waals surface area contributed by atoms with E-state index in [1.807, 2.05) is 0 Å². The minimum Gasteiger partial charge on any atom is -0.493 e. The Morgan fingerprint density at radius 2 is 1.69 bits per heavy atom. The number of halogens is 1. The molecule has 0 aromatic heterocycles. The normalized spacial score (nSPS) is 10.2. The number of hydrogen-bond acceptors (Lipinski definition) is 6. The third kappa shape index (κ3) is 7.19. The number of methoxy groups -OCH3 is 2. The smallest absolute Gasteiger partial charge is 0.310 e. The van der Waals surface area contributed by atoms with Crippen molar-refractivity contribution in [1.82, 2.24) is 4.90 Å². The Kier molecular flexibility index (Phi) is 8.61. The van der Waals surface area contributed by atoms with E-state index < -0.39 is 5.97 Å². The van der Waals surface area contributed by atoms with Crippen LogP contribution in [0.1, 0.15) is 5.56 Å². The molecule has 29 heavy (non-hydrogen) atoms. The van der Waals surface area contributed by atoms with Crippen molar-refractivity contribution in [1.29, 1.82) is 0 Å². The molecule has 0 aliphatic rings. The molecule has 2 rings (SSSR count). The lowest BCUT2D eigenvalue weighted by Gasteiger charge is -2.17. The first-order valence-corrected chi connectivity index (χ1v) is 9.29. The minimum absolute atomic E-state index is 0.0248. The second-order valence-corrected chi connectivity index (χ2v) is 6.58. The van der Waals surface area contributed by atoms with Crippen molar-refractivity contribution in [3.8, 4) is 17.2 Å². The van der Waals surface area contributed by atoms with Crippen molar-refractivity contribution >= 4 is 23.5 Å². The van der Waals surface area contributed by atoms with Crippen LogP contribution in [0.3, 0.4) is 0 Å². The number of rotatable bonds is 10. The average Bonchev–Trinajstić information content (AvgIpc) is 2.73. The predicted molar refractivity (Wildman–Crippen MR) is 109 cm³/mol. The lowest BCUT2D eigenvalue weighted by Crippen LogP contribution is -2.34. The Bertz CT molecular complexity index is 824. The third-order valence-corrected chi connectivity index (χ3v) is 4.34. The standard InChI is InChI=1S/C21H24ClNO6/c1-23(10-11-28-17-7-5-16(22)6-8-17)20(24)14-29-21(25)13-15-4-9-18(26-2)19(12-15)27-3/h4-9,12H,10-11,13-14H2,1-3H3. The Hall–Kier alpha value is -2.93. The average molecular weight is 422 g/mol. The van der Waals surface area contributed by atoms with Crippen LogP contribution in [0.15, 0.2) is 42.5 Å². The second-order valence-electron chi connectivity index (χ2n) is 6.14. The summed E-state index contributed by atoms with van der Waals surface area (Å²) < 4.78 is 21.0. The maximum Gasteiger partial charge on any atom is 0.310 e. The zero-order valence-electron chi connectivity index (χ0n) is 16.6. The molecule has 0 bridgehead atoms. The first kappa shape index (κ1) is 22.4. The van der Waals surface area contributed by atoms with Gasteiger partial charge in [-0.3, -0.25) is 9.59 Å². The van der Waals surface area contributed by atoms with Crippen molar-refractivity contribution < 1.29 is 28.5 Å². The number of hydrogen-bond donors (Lipinski definition) is 0. The molecule has 0 fully saturated rings. The maximum absolute atomic E-state index is 12.1. The zero-order valence-corrected chi connectivity index (χ0v) is 17.4. The van der Waals surface area contributed by atoms with Crippen molar-refractivity contribution in [2.45, 2.75) is 6.42 Å². The largest absolute Gasteiger partial charge is 0.493 e. The minimum atomic E-state index is -0.503. The Balaban J connectivity index is 1.73.